The van der Waals surface area contributed by atoms with E-state index in [-0.39, 0.29) is 46.1 Å². The van der Waals surface area contributed by atoms with Crippen molar-refractivity contribution in [2.24, 2.45) is 51.2 Å². The summed E-state index contributed by atoms with van der Waals surface area (Å²) in [6.45, 7) is 29.3. The summed E-state index contributed by atoms with van der Waals surface area (Å²) in [5.41, 5.74) is 13.2. The standard InChI is InChI=1S/C75H133NO4/c1-12-15-16-18-22-34-60(35-23-20-17-19-21-30-57-31-26-38-67-61(42-41-57)36-28-40-70(67)79)69-50-64-53-76-54-71(80)68(64)39-27-37-63(69)52-73(8,9)75(11)48-29-32-58(49-62(56(75)5)44-46-66(78)14-3)51-72(6,7)74(10)47-25-24-33-59(55(74)4)43-45-65(77)13-2/h57-58,60,63,65-66,69-71,76-80H,12-54H2,1-11H3. The summed E-state index contributed by atoms with van der Waals surface area (Å²) in [7, 11) is 0. The van der Waals surface area contributed by atoms with Crippen LogP contribution < -0.4 is 5.32 Å². The molecule has 5 N–H and O–H groups in total. The Balaban J connectivity index is 1.21. The number of unbranched alkanes of at least 4 members (excludes halogenated alkanes) is 8. The molecule has 11 unspecified atom stereocenters. The van der Waals surface area contributed by atoms with E-state index in [1.165, 1.54) is 217 Å². The fraction of sp³-hybridized carbons (Fsp3) is 0.893. The van der Waals surface area contributed by atoms with Gasteiger partial charge in [-0.3, -0.25) is 0 Å². The van der Waals surface area contributed by atoms with Gasteiger partial charge in [-0.25, -0.2) is 0 Å². The Morgan fingerprint density at radius 3 is 1.80 bits per heavy atom. The Kier molecular flexibility index (Phi) is 28.0. The van der Waals surface area contributed by atoms with Crippen molar-refractivity contribution < 1.29 is 20.4 Å². The SMILES string of the molecule is CCCCCCCC(CCCCCCCC1CCCC2=C(CCCC2O)CC1)C1CC2=C(CCCC1CC(C)(C)C1(C)CCCC(CC(C)(C)C3(C)CCCCC(CCC(O)CC)=C3C)CC(CCC(O)CC)=C1C)C(O)CNC2. The summed E-state index contributed by atoms with van der Waals surface area (Å²) in [5, 5.41) is 47.7. The zero-order chi connectivity index (χ0) is 57.9. The molecule has 5 heteroatoms. The van der Waals surface area contributed by atoms with E-state index in [1.807, 2.05) is 0 Å². The van der Waals surface area contributed by atoms with Crippen molar-refractivity contribution in [2.45, 2.75) is 364 Å². The maximum absolute atomic E-state index is 11.5. The molecule has 0 spiro atoms. The molecule has 0 saturated carbocycles. The molecule has 5 aliphatic carbocycles. The molecule has 462 valence electrons. The number of β-amino-alcohol motifs (C(OH)–C–C–N with tert-alkyl or cyclic N) is 1. The van der Waals surface area contributed by atoms with Gasteiger partial charge < -0.3 is 25.7 Å². The molecule has 80 heavy (non-hydrogen) atoms. The van der Waals surface area contributed by atoms with Crippen molar-refractivity contribution in [1.29, 1.82) is 0 Å². The summed E-state index contributed by atoms with van der Waals surface area (Å²) in [6, 6.07) is 0. The fourth-order valence-electron chi connectivity index (χ4n) is 18.4. The molecule has 1 heterocycles. The molecule has 0 aromatic heterocycles. The molecule has 5 nitrogen and oxygen atoms in total. The van der Waals surface area contributed by atoms with E-state index in [2.05, 4.69) is 81.5 Å². The quantitative estimate of drug-likeness (QED) is 0.0380. The third kappa shape index (κ3) is 18.6. The van der Waals surface area contributed by atoms with E-state index in [9.17, 15) is 20.4 Å². The fourth-order valence-corrected chi connectivity index (χ4v) is 18.4. The number of nitrogens with one attached hydrogen (secondary N) is 1. The van der Waals surface area contributed by atoms with Gasteiger partial charge in [-0.05, 0) is 230 Å². The Bertz CT molecular complexity index is 1970. The molecule has 1 aliphatic heterocycles. The molecule has 6 aliphatic rings. The van der Waals surface area contributed by atoms with Crippen LogP contribution in [-0.2, 0) is 0 Å². The van der Waals surface area contributed by atoms with Crippen molar-refractivity contribution in [1.82, 2.24) is 5.32 Å². The first-order valence-corrected chi connectivity index (χ1v) is 35.5. The van der Waals surface area contributed by atoms with Gasteiger partial charge in [0, 0.05) is 13.1 Å². The second-order valence-corrected chi connectivity index (χ2v) is 30.6. The van der Waals surface area contributed by atoms with E-state index in [0.29, 0.717) is 24.3 Å². The molecule has 11 atom stereocenters. The predicted octanol–water partition coefficient (Wildman–Crippen LogP) is 20.5. The third-order valence-electron chi connectivity index (χ3n) is 24.8. The average Bonchev–Trinajstić information content (AvgIpc) is 3.56. The highest BCUT2D eigenvalue weighted by Gasteiger charge is 2.49. The van der Waals surface area contributed by atoms with Gasteiger partial charge >= 0.3 is 0 Å². The molecule has 6 rings (SSSR count). The number of rotatable bonds is 29. The van der Waals surface area contributed by atoms with Crippen LogP contribution in [-0.4, -0.2) is 57.9 Å². The normalized spacial score (nSPS) is 30.3. The molecular weight excluding hydrogens is 979 g/mol. The van der Waals surface area contributed by atoms with Gasteiger partial charge in [-0.1, -0.05) is 205 Å². The zero-order valence-electron chi connectivity index (χ0n) is 54.9. The molecule has 0 bridgehead atoms. The van der Waals surface area contributed by atoms with E-state index in [0.717, 1.165) is 76.2 Å². The molecule has 0 aromatic carbocycles. The lowest BCUT2D eigenvalue weighted by molar-refractivity contribution is 0.0393. The Hall–Kier alpha value is -1.24. The van der Waals surface area contributed by atoms with Gasteiger partial charge in [0.05, 0.1) is 24.4 Å². The van der Waals surface area contributed by atoms with E-state index in [4.69, 9.17) is 0 Å². The maximum Gasteiger partial charge on any atom is 0.0877 e. The Morgan fingerprint density at radius 1 is 0.537 bits per heavy atom. The number of allylic oxidation sites excluding steroid dienone is 5. The van der Waals surface area contributed by atoms with E-state index in [1.54, 1.807) is 33.4 Å². The van der Waals surface area contributed by atoms with Gasteiger partial charge in [0.25, 0.3) is 0 Å². The van der Waals surface area contributed by atoms with Crippen LogP contribution in [0.1, 0.15) is 339 Å². The van der Waals surface area contributed by atoms with E-state index < -0.39 is 0 Å². The van der Waals surface area contributed by atoms with Gasteiger partial charge in [0.2, 0.25) is 0 Å². The lowest BCUT2D eigenvalue weighted by Crippen LogP contribution is -2.43. The van der Waals surface area contributed by atoms with Gasteiger partial charge in [0.15, 0.2) is 0 Å². The average molecular weight is 1110 g/mol. The molecule has 0 saturated heterocycles. The summed E-state index contributed by atoms with van der Waals surface area (Å²) in [5.74, 6) is 3.58. The minimum absolute atomic E-state index is 0.0781. The van der Waals surface area contributed by atoms with Crippen LogP contribution in [0.4, 0.5) is 0 Å². The second-order valence-electron chi connectivity index (χ2n) is 30.6. The molecule has 0 aromatic rings. The van der Waals surface area contributed by atoms with Crippen molar-refractivity contribution in [3.63, 3.8) is 0 Å². The number of aliphatic hydroxyl groups is 4. The lowest BCUT2D eigenvalue weighted by atomic mass is 9.53. The van der Waals surface area contributed by atoms with Crippen molar-refractivity contribution >= 4 is 0 Å². The van der Waals surface area contributed by atoms with Crippen LogP contribution in [0.2, 0.25) is 0 Å². The number of hydrogen-bond donors (Lipinski definition) is 5. The van der Waals surface area contributed by atoms with Crippen LogP contribution in [0.25, 0.3) is 0 Å². The van der Waals surface area contributed by atoms with E-state index >= 15 is 0 Å². The summed E-state index contributed by atoms with van der Waals surface area (Å²) in [4.78, 5) is 0. The van der Waals surface area contributed by atoms with Crippen LogP contribution >= 0.6 is 0 Å². The van der Waals surface area contributed by atoms with Crippen molar-refractivity contribution in [3.8, 4) is 0 Å². The summed E-state index contributed by atoms with van der Waals surface area (Å²) in [6.07, 6.45) is 49.5. The van der Waals surface area contributed by atoms with Crippen molar-refractivity contribution in [3.05, 3.63) is 44.6 Å². The monoisotopic (exact) mass is 1110 g/mol. The molecule has 0 fully saturated rings. The topological polar surface area (TPSA) is 93.0 Å². The molecule has 0 amide bonds. The van der Waals surface area contributed by atoms with Crippen LogP contribution in [0, 0.1) is 51.2 Å². The third-order valence-corrected chi connectivity index (χ3v) is 24.8. The zero-order valence-corrected chi connectivity index (χ0v) is 54.9. The lowest BCUT2D eigenvalue weighted by Gasteiger charge is -2.52. The van der Waals surface area contributed by atoms with Gasteiger partial charge in [0.1, 0.15) is 0 Å². The first-order chi connectivity index (χ1) is 38.3. The Morgan fingerprint density at radius 2 is 1.11 bits per heavy atom. The maximum atomic E-state index is 11.5. The predicted molar refractivity (Wildman–Crippen MR) is 344 cm³/mol. The first-order valence-electron chi connectivity index (χ1n) is 35.5. The summed E-state index contributed by atoms with van der Waals surface area (Å²) < 4.78 is 0. The minimum atomic E-state index is -0.323. The van der Waals surface area contributed by atoms with Crippen LogP contribution in [0.3, 0.4) is 0 Å². The summed E-state index contributed by atoms with van der Waals surface area (Å²) >= 11 is 0. The van der Waals surface area contributed by atoms with Crippen LogP contribution in [0.5, 0.6) is 0 Å². The first kappa shape index (κ1) is 67.9. The highest BCUT2D eigenvalue weighted by atomic mass is 16.3. The second kappa shape index (κ2) is 33.0. The highest BCUT2D eigenvalue weighted by molar-refractivity contribution is 5.28. The number of aliphatic hydroxyl groups excluding tert-OH is 4. The largest absolute Gasteiger partial charge is 0.393 e. The van der Waals surface area contributed by atoms with Gasteiger partial charge in [-0.2, -0.15) is 0 Å². The van der Waals surface area contributed by atoms with Crippen LogP contribution in [0.15, 0.2) is 44.6 Å². The number of hydrogen-bond acceptors (Lipinski definition) is 5. The highest BCUT2D eigenvalue weighted by Crippen LogP contribution is 2.59. The minimum Gasteiger partial charge on any atom is -0.393 e. The Labute approximate surface area is 496 Å². The molecular formula is C75H133NO4. The van der Waals surface area contributed by atoms with Gasteiger partial charge in [-0.15, -0.1) is 0 Å². The smallest absolute Gasteiger partial charge is 0.0877 e. The molecule has 0 radical (unpaired) electrons. The van der Waals surface area contributed by atoms with Crippen molar-refractivity contribution in [2.75, 3.05) is 13.1 Å².